The molecule has 1 aromatic heterocycles. The van der Waals surface area contributed by atoms with Gasteiger partial charge in [-0.3, -0.25) is 19.8 Å². The summed E-state index contributed by atoms with van der Waals surface area (Å²) >= 11 is 0. The van der Waals surface area contributed by atoms with Crippen molar-refractivity contribution in [2.45, 2.75) is 0 Å². The Hall–Kier alpha value is -1.12. The third kappa shape index (κ3) is 2.71. The number of fused-ring (bicyclic) bond motifs is 1. The molecule has 0 fully saturated rings. The van der Waals surface area contributed by atoms with Gasteiger partial charge in [-0.1, -0.05) is 6.07 Å². The molecule has 0 aliphatic heterocycles. The van der Waals surface area contributed by atoms with E-state index >= 15 is 0 Å². The first-order chi connectivity index (χ1) is 6.20. The van der Waals surface area contributed by atoms with Crippen LogP contribution in [0.4, 0.5) is 5.69 Å². The summed E-state index contributed by atoms with van der Waals surface area (Å²) in [7, 11) is 0. The molecule has 0 bridgehead atoms. The topological polar surface area (TPSA) is 155 Å². The quantitative estimate of drug-likeness (QED) is 0.350. The van der Waals surface area contributed by atoms with Crippen LogP contribution in [0.25, 0.3) is 10.8 Å². The molecular weight excluding hydrogens is 225 g/mol. The summed E-state index contributed by atoms with van der Waals surface area (Å²) in [5, 5.41) is 4.98. The fourth-order valence-corrected chi connectivity index (χ4v) is 1.26. The number of rotatable bonds is 0. The monoisotopic (exact) mass is 236 g/mol. The van der Waals surface area contributed by atoms with E-state index in [1.807, 2.05) is 0 Å². The van der Waals surface area contributed by atoms with Gasteiger partial charge in [0.25, 0.3) is 11.1 Å². The van der Waals surface area contributed by atoms with Gasteiger partial charge in [-0.2, -0.15) is 0 Å². The second kappa shape index (κ2) is 6.46. The summed E-state index contributed by atoms with van der Waals surface area (Å²) in [6.45, 7) is 0. The number of anilines is 1. The van der Waals surface area contributed by atoms with Gasteiger partial charge in [0.2, 0.25) is 0 Å². The minimum absolute atomic E-state index is 0. The van der Waals surface area contributed by atoms with Gasteiger partial charge >= 0.3 is 0 Å². The number of nitrogen functional groups attached to an aromatic ring is 1. The predicted molar refractivity (Wildman–Crippen MR) is 62.6 cm³/mol. The largest absolute Gasteiger partial charge is 0.412 e. The molecule has 8 heteroatoms. The molecule has 8 N–H and O–H groups in total. The van der Waals surface area contributed by atoms with Gasteiger partial charge in [0.15, 0.2) is 0 Å². The first-order valence-corrected chi connectivity index (χ1v) is 3.69. The van der Waals surface area contributed by atoms with E-state index in [1.165, 1.54) is 0 Å². The molecular formula is C8H11N3NaO4. The molecule has 2 aromatic rings. The zero-order chi connectivity index (χ0) is 9.42. The first kappa shape index (κ1) is 17.3. The molecule has 2 rings (SSSR count). The molecule has 0 atom stereocenters. The van der Waals surface area contributed by atoms with E-state index in [2.05, 4.69) is 10.2 Å². The summed E-state index contributed by atoms with van der Waals surface area (Å²) in [4.78, 5) is 22.4. The van der Waals surface area contributed by atoms with Crippen molar-refractivity contribution in [3.05, 3.63) is 38.9 Å². The van der Waals surface area contributed by atoms with Crippen LogP contribution in [0.2, 0.25) is 0 Å². The summed E-state index contributed by atoms with van der Waals surface area (Å²) in [5.41, 5.74) is 5.14. The van der Waals surface area contributed by atoms with Crippen molar-refractivity contribution in [3.63, 3.8) is 0 Å². The third-order valence-electron chi connectivity index (χ3n) is 1.86. The van der Waals surface area contributed by atoms with Crippen LogP contribution in [-0.4, -0.2) is 50.7 Å². The molecule has 0 spiro atoms. The molecule has 0 unspecified atom stereocenters. The molecule has 0 saturated heterocycles. The Bertz CT molecular complexity index is 577. The molecule has 83 valence electrons. The first-order valence-electron chi connectivity index (χ1n) is 3.69. The number of hydrogen-bond acceptors (Lipinski definition) is 3. The molecule has 16 heavy (non-hydrogen) atoms. The molecule has 1 radical (unpaired) electrons. The predicted octanol–water partition coefficient (Wildman–Crippen LogP) is -2.23. The van der Waals surface area contributed by atoms with Gasteiger partial charge in [0.1, 0.15) is 0 Å². The van der Waals surface area contributed by atoms with Crippen LogP contribution in [0.3, 0.4) is 0 Å². The van der Waals surface area contributed by atoms with Crippen LogP contribution < -0.4 is 16.9 Å². The van der Waals surface area contributed by atoms with Gasteiger partial charge in [-0.15, -0.1) is 0 Å². The van der Waals surface area contributed by atoms with E-state index in [0.29, 0.717) is 11.1 Å². The number of aromatic nitrogens is 2. The van der Waals surface area contributed by atoms with Crippen molar-refractivity contribution in [1.29, 1.82) is 0 Å². The Morgan fingerprint density at radius 3 is 2.12 bits per heavy atom. The molecule has 0 saturated carbocycles. The van der Waals surface area contributed by atoms with Crippen molar-refractivity contribution >= 4 is 46.0 Å². The normalized spacial score (nSPS) is 8.50. The summed E-state index contributed by atoms with van der Waals surface area (Å²) in [6.07, 6.45) is 0. The van der Waals surface area contributed by atoms with E-state index < -0.39 is 0 Å². The van der Waals surface area contributed by atoms with Gasteiger partial charge in [0, 0.05) is 35.2 Å². The maximum absolute atomic E-state index is 11.2. The van der Waals surface area contributed by atoms with Crippen LogP contribution in [-0.2, 0) is 0 Å². The molecule has 0 amide bonds. The molecule has 1 aromatic carbocycles. The number of aromatic amines is 2. The SMILES string of the molecule is Nc1cccc2c(=O)[nH][nH]c(=O)c12.O.O.[Na]. The average molecular weight is 236 g/mol. The van der Waals surface area contributed by atoms with Crippen molar-refractivity contribution in [2.75, 3.05) is 5.73 Å². The molecule has 0 aliphatic carbocycles. The molecule has 0 aliphatic rings. The minimum atomic E-state index is -0.382. The van der Waals surface area contributed by atoms with Gasteiger partial charge in [-0.25, -0.2) is 0 Å². The number of H-pyrrole nitrogens is 2. The standard InChI is InChI=1S/C8H7N3O2.Na.2H2O/c9-5-3-1-2-4-6(5)8(13)11-10-7(4)12;;;/h1-3H,9H2,(H,10,12)(H,11,13);;2*1H2. The van der Waals surface area contributed by atoms with Crippen LogP contribution in [0.15, 0.2) is 27.8 Å². The molecule has 1 heterocycles. The maximum Gasteiger partial charge on any atom is 0.272 e. The van der Waals surface area contributed by atoms with E-state index in [0.717, 1.165) is 0 Å². The third-order valence-corrected chi connectivity index (χ3v) is 1.86. The second-order valence-corrected chi connectivity index (χ2v) is 2.68. The number of hydrogen-bond donors (Lipinski definition) is 3. The summed E-state index contributed by atoms with van der Waals surface area (Å²) in [5.74, 6) is 0. The Kier molecular flexibility index (Phi) is 6.98. The Labute approximate surface area is 112 Å². The van der Waals surface area contributed by atoms with Crippen LogP contribution in [0.5, 0.6) is 0 Å². The van der Waals surface area contributed by atoms with Crippen LogP contribution in [0, 0.1) is 0 Å². The van der Waals surface area contributed by atoms with E-state index in [4.69, 9.17) is 5.73 Å². The smallest absolute Gasteiger partial charge is 0.272 e. The van der Waals surface area contributed by atoms with Crippen molar-refractivity contribution in [3.8, 4) is 0 Å². The average Bonchev–Trinajstić information content (AvgIpc) is 2.12. The number of nitrogens with one attached hydrogen (secondary N) is 2. The van der Waals surface area contributed by atoms with Gasteiger partial charge in [0.05, 0.1) is 10.8 Å². The Morgan fingerprint density at radius 2 is 1.56 bits per heavy atom. The molecule has 7 nitrogen and oxygen atoms in total. The fourth-order valence-electron chi connectivity index (χ4n) is 1.26. The number of benzene rings is 1. The van der Waals surface area contributed by atoms with Crippen molar-refractivity contribution in [1.82, 2.24) is 10.2 Å². The fraction of sp³-hybridized carbons (Fsp3) is 0. The van der Waals surface area contributed by atoms with E-state index in [1.54, 1.807) is 18.2 Å². The van der Waals surface area contributed by atoms with Crippen LogP contribution >= 0.6 is 0 Å². The van der Waals surface area contributed by atoms with Gasteiger partial charge < -0.3 is 16.7 Å². The second-order valence-electron chi connectivity index (χ2n) is 2.68. The van der Waals surface area contributed by atoms with Crippen molar-refractivity contribution in [2.24, 2.45) is 0 Å². The van der Waals surface area contributed by atoms with E-state index in [-0.39, 0.29) is 57.0 Å². The van der Waals surface area contributed by atoms with Crippen molar-refractivity contribution < 1.29 is 11.0 Å². The Morgan fingerprint density at radius 1 is 1.00 bits per heavy atom. The van der Waals surface area contributed by atoms with E-state index in [9.17, 15) is 9.59 Å². The summed E-state index contributed by atoms with van der Waals surface area (Å²) in [6, 6.07) is 4.77. The summed E-state index contributed by atoms with van der Waals surface area (Å²) < 4.78 is 0. The number of nitrogens with two attached hydrogens (primary N) is 1. The minimum Gasteiger partial charge on any atom is -0.412 e. The van der Waals surface area contributed by atoms with Gasteiger partial charge in [-0.05, 0) is 12.1 Å². The maximum atomic E-state index is 11.2. The Balaban J connectivity index is 0. The zero-order valence-corrected chi connectivity index (χ0v) is 10.6. The van der Waals surface area contributed by atoms with Crippen LogP contribution in [0.1, 0.15) is 0 Å². The zero-order valence-electron chi connectivity index (χ0n) is 8.63.